The molecule has 0 saturated carbocycles. The quantitative estimate of drug-likeness (QED) is 0.656. The Kier molecular flexibility index (Phi) is 5.12. The molecule has 2 rings (SSSR count). The van der Waals surface area contributed by atoms with Gasteiger partial charge in [0, 0.05) is 12.1 Å². The van der Waals surface area contributed by atoms with E-state index in [0.717, 1.165) is 19.0 Å². The zero-order chi connectivity index (χ0) is 14.5. The number of nitrogens with zero attached hydrogens (tertiary/aromatic N) is 1. The van der Waals surface area contributed by atoms with Gasteiger partial charge in [0.2, 0.25) is 0 Å². The maximum absolute atomic E-state index is 14.3. The van der Waals surface area contributed by atoms with Crippen LogP contribution >= 0.6 is 0 Å². The van der Waals surface area contributed by atoms with Crippen LogP contribution in [-0.4, -0.2) is 23.8 Å². The highest BCUT2D eigenvalue weighted by molar-refractivity contribution is 5.95. The van der Waals surface area contributed by atoms with Crippen LogP contribution in [0.15, 0.2) is 18.2 Å². The van der Waals surface area contributed by atoms with Crippen LogP contribution in [0.1, 0.15) is 43.7 Å². The number of halogens is 1. The van der Waals surface area contributed by atoms with Crippen LogP contribution in [0.4, 0.5) is 4.39 Å². The lowest BCUT2D eigenvalue weighted by Crippen LogP contribution is -2.25. The molecular weight excluding hydrogens is 253 g/mol. The predicted molar refractivity (Wildman–Crippen MR) is 80.3 cm³/mol. The second-order valence-electron chi connectivity index (χ2n) is 5.67. The number of benzene rings is 1. The van der Waals surface area contributed by atoms with Crippen LogP contribution in [0.5, 0.6) is 0 Å². The lowest BCUT2D eigenvalue weighted by molar-refractivity contribution is 0.268. The van der Waals surface area contributed by atoms with Crippen molar-refractivity contribution in [1.82, 2.24) is 4.90 Å². The second kappa shape index (κ2) is 6.84. The molecule has 1 heterocycles. The van der Waals surface area contributed by atoms with Gasteiger partial charge in [-0.2, -0.15) is 0 Å². The molecule has 1 aromatic rings. The maximum Gasteiger partial charge on any atom is 0.138 e. The molecule has 0 aromatic heterocycles. The molecular formula is C16H24FN3. The van der Waals surface area contributed by atoms with E-state index in [-0.39, 0.29) is 17.2 Å². The van der Waals surface area contributed by atoms with E-state index in [9.17, 15) is 4.39 Å². The lowest BCUT2D eigenvalue weighted by Gasteiger charge is -2.21. The summed E-state index contributed by atoms with van der Waals surface area (Å²) in [4.78, 5) is 2.32. The van der Waals surface area contributed by atoms with Crippen molar-refractivity contribution in [2.75, 3.05) is 13.1 Å². The first-order valence-corrected chi connectivity index (χ1v) is 7.46. The first-order chi connectivity index (χ1) is 9.61. The van der Waals surface area contributed by atoms with Crippen molar-refractivity contribution in [3.63, 3.8) is 0 Å². The molecule has 3 nitrogen and oxygen atoms in total. The fourth-order valence-corrected chi connectivity index (χ4v) is 2.94. The second-order valence-corrected chi connectivity index (χ2v) is 5.67. The van der Waals surface area contributed by atoms with Gasteiger partial charge in [-0.15, -0.1) is 0 Å². The molecule has 0 amide bonds. The summed E-state index contributed by atoms with van der Waals surface area (Å²) in [6, 6.07) is 5.14. The van der Waals surface area contributed by atoms with Gasteiger partial charge in [-0.1, -0.05) is 25.5 Å². The number of likely N-dealkylation sites (tertiary alicyclic amines) is 1. The zero-order valence-electron chi connectivity index (χ0n) is 12.2. The van der Waals surface area contributed by atoms with Gasteiger partial charge in [0.05, 0.1) is 5.56 Å². The van der Waals surface area contributed by atoms with E-state index in [4.69, 9.17) is 11.1 Å². The van der Waals surface area contributed by atoms with Crippen LogP contribution in [0.25, 0.3) is 0 Å². The molecule has 1 aromatic carbocycles. The molecule has 0 radical (unpaired) electrons. The van der Waals surface area contributed by atoms with E-state index < -0.39 is 0 Å². The summed E-state index contributed by atoms with van der Waals surface area (Å²) in [7, 11) is 0. The molecule has 1 fully saturated rings. The van der Waals surface area contributed by atoms with Gasteiger partial charge in [0.25, 0.3) is 0 Å². The Morgan fingerprint density at radius 1 is 1.40 bits per heavy atom. The number of nitrogens with one attached hydrogen (secondary N) is 1. The molecule has 1 aliphatic rings. The summed E-state index contributed by atoms with van der Waals surface area (Å²) >= 11 is 0. The van der Waals surface area contributed by atoms with E-state index >= 15 is 0 Å². The molecule has 20 heavy (non-hydrogen) atoms. The average Bonchev–Trinajstić information content (AvgIpc) is 2.66. The fraction of sp³-hybridized carbons (Fsp3) is 0.562. The van der Waals surface area contributed by atoms with E-state index in [2.05, 4.69) is 11.8 Å². The van der Waals surface area contributed by atoms with Gasteiger partial charge in [0.15, 0.2) is 0 Å². The summed E-state index contributed by atoms with van der Waals surface area (Å²) in [6.45, 7) is 4.92. The van der Waals surface area contributed by atoms with Crippen LogP contribution in [0, 0.1) is 17.1 Å². The van der Waals surface area contributed by atoms with Gasteiger partial charge in [-0.3, -0.25) is 10.3 Å². The highest BCUT2D eigenvalue weighted by Gasteiger charge is 2.18. The smallest absolute Gasteiger partial charge is 0.138 e. The monoisotopic (exact) mass is 277 g/mol. The Bertz CT molecular complexity index is 473. The van der Waals surface area contributed by atoms with Crippen molar-refractivity contribution in [3.8, 4) is 0 Å². The number of rotatable bonds is 4. The van der Waals surface area contributed by atoms with Crippen molar-refractivity contribution in [2.24, 2.45) is 11.7 Å². The summed E-state index contributed by atoms with van der Waals surface area (Å²) in [5.74, 6) is 0.274. The van der Waals surface area contributed by atoms with Crippen molar-refractivity contribution in [1.29, 1.82) is 5.41 Å². The van der Waals surface area contributed by atoms with E-state index in [1.807, 2.05) is 0 Å². The summed E-state index contributed by atoms with van der Waals surface area (Å²) in [5.41, 5.74) is 6.27. The average molecular weight is 277 g/mol. The number of amidine groups is 1. The Balaban J connectivity index is 2.06. The third-order valence-electron chi connectivity index (χ3n) is 4.28. The Hall–Kier alpha value is -1.42. The molecule has 1 aliphatic heterocycles. The molecule has 110 valence electrons. The third kappa shape index (κ3) is 3.57. The van der Waals surface area contributed by atoms with Gasteiger partial charge >= 0.3 is 0 Å². The van der Waals surface area contributed by atoms with Gasteiger partial charge in [0.1, 0.15) is 11.7 Å². The topological polar surface area (TPSA) is 53.1 Å². The summed E-state index contributed by atoms with van der Waals surface area (Å²) in [5, 5.41) is 7.40. The van der Waals surface area contributed by atoms with Gasteiger partial charge in [-0.25, -0.2) is 4.39 Å². The van der Waals surface area contributed by atoms with Crippen LogP contribution in [0.3, 0.4) is 0 Å². The molecule has 0 aliphatic carbocycles. The number of hydrogen-bond donors (Lipinski definition) is 2. The summed E-state index contributed by atoms with van der Waals surface area (Å²) < 4.78 is 14.3. The fourth-order valence-electron chi connectivity index (χ4n) is 2.94. The van der Waals surface area contributed by atoms with Gasteiger partial charge < -0.3 is 5.73 Å². The first kappa shape index (κ1) is 15.0. The van der Waals surface area contributed by atoms with Gasteiger partial charge in [-0.05, 0) is 44.3 Å². The minimum Gasteiger partial charge on any atom is -0.384 e. The third-order valence-corrected chi connectivity index (χ3v) is 4.28. The van der Waals surface area contributed by atoms with Crippen molar-refractivity contribution < 1.29 is 4.39 Å². The summed E-state index contributed by atoms with van der Waals surface area (Å²) in [6.07, 6.45) is 4.90. The van der Waals surface area contributed by atoms with Crippen LogP contribution in [-0.2, 0) is 6.54 Å². The molecule has 1 saturated heterocycles. The Morgan fingerprint density at radius 2 is 2.20 bits per heavy atom. The number of hydrogen-bond acceptors (Lipinski definition) is 2. The molecule has 1 atom stereocenters. The Morgan fingerprint density at radius 3 is 2.90 bits per heavy atom. The number of nitrogens with two attached hydrogens (primary N) is 1. The predicted octanol–water partition coefficient (Wildman–Crippen LogP) is 3.12. The minimum absolute atomic E-state index is 0.203. The van der Waals surface area contributed by atoms with E-state index in [0.29, 0.717) is 12.1 Å². The molecule has 3 N–H and O–H groups in total. The van der Waals surface area contributed by atoms with Crippen molar-refractivity contribution in [3.05, 3.63) is 35.1 Å². The Labute approximate surface area is 120 Å². The molecule has 0 bridgehead atoms. The highest BCUT2D eigenvalue weighted by Crippen LogP contribution is 2.22. The standard InChI is InChI=1S/C16H24FN3/c1-2-12-5-4-9-20(10-8-12)11-13-6-3-7-14(15(13)17)16(18)19/h3,6-7,12H,2,4-5,8-11H2,1H3,(H3,18,19). The largest absolute Gasteiger partial charge is 0.384 e. The highest BCUT2D eigenvalue weighted by atomic mass is 19.1. The van der Waals surface area contributed by atoms with E-state index in [1.54, 1.807) is 18.2 Å². The van der Waals surface area contributed by atoms with Crippen LogP contribution < -0.4 is 5.73 Å². The number of nitrogen functional groups attached to an aromatic ring is 1. The normalized spacial score (nSPS) is 20.6. The molecule has 4 heteroatoms. The zero-order valence-corrected chi connectivity index (χ0v) is 12.2. The molecule has 1 unspecified atom stereocenters. The van der Waals surface area contributed by atoms with E-state index in [1.165, 1.54) is 25.7 Å². The van der Waals surface area contributed by atoms with Crippen molar-refractivity contribution >= 4 is 5.84 Å². The van der Waals surface area contributed by atoms with Crippen molar-refractivity contribution in [2.45, 2.75) is 39.2 Å². The molecule has 0 spiro atoms. The SMILES string of the molecule is CCC1CCCN(Cc2cccc(C(=N)N)c2F)CC1. The maximum atomic E-state index is 14.3. The lowest BCUT2D eigenvalue weighted by atomic mass is 9.98. The van der Waals surface area contributed by atoms with Crippen LogP contribution in [0.2, 0.25) is 0 Å². The minimum atomic E-state index is -0.337. The first-order valence-electron chi connectivity index (χ1n) is 7.46.